The molecule has 31 heavy (non-hydrogen) atoms. The number of carbonyl (C=O) groups is 1. The van der Waals surface area contributed by atoms with Gasteiger partial charge in [-0.2, -0.15) is 0 Å². The van der Waals surface area contributed by atoms with E-state index >= 15 is 0 Å². The minimum absolute atomic E-state index is 0.111. The van der Waals surface area contributed by atoms with Crippen molar-refractivity contribution in [3.63, 3.8) is 0 Å². The normalized spacial score (nSPS) is 17.1. The second-order valence-corrected chi connectivity index (χ2v) is 7.11. The minimum atomic E-state index is -1.43. The Balaban J connectivity index is 0.000000549. The topological polar surface area (TPSA) is 90.7 Å². The Bertz CT molecular complexity index is 1250. The van der Waals surface area contributed by atoms with Crippen LogP contribution in [0.2, 0.25) is 0 Å². The predicted molar refractivity (Wildman–Crippen MR) is 117 cm³/mol. The fraction of sp³-hybridized carbons (Fsp3) is 0.375. The number of hydrogen-bond donors (Lipinski definition) is 1. The van der Waals surface area contributed by atoms with Crippen molar-refractivity contribution in [3.05, 3.63) is 56.9 Å². The van der Waals surface area contributed by atoms with Gasteiger partial charge in [0.05, 0.1) is 35.6 Å². The molecule has 0 saturated carbocycles. The van der Waals surface area contributed by atoms with Crippen molar-refractivity contribution in [3.8, 4) is 17.1 Å². The van der Waals surface area contributed by atoms with Gasteiger partial charge in [-0.15, -0.1) is 0 Å². The average Bonchev–Trinajstić information content (AvgIpc) is 3.40. The maximum atomic E-state index is 12.9. The van der Waals surface area contributed by atoms with Gasteiger partial charge < -0.3 is 19.1 Å². The summed E-state index contributed by atoms with van der Waals surface area (Å²) in [6, 6.07) is 7.76. The smallest absolute Gasteiger partial charge is 0.340 e. The number of benzene rings is 1. The Hall–Kier alpha value is -3.19. The molecule has 6 rings (SSSR count). The van der Waals surface area contributed by atoms with Crippen molar-refractivity contribution >= 4 is 16.9 Å². The molecule has 1 aromatic carbocycles. The summed E-state index contributed by atoms with van der Waals surface area (Å²) in [5.74, 6) is 0.165. The van der Waals surface area contributed by atoms with Gasteiger partial charge >= 0.3 is 5.97 Å². The van der Waals surface area contributed by atoms with Gasteiger partial charge in [0, 0.05) is 22.9 Å². The summed E-state index contributed by atoms with van der Waals surface area (Å²) < 4.78 is 12.2. The van der Waals surface area contributed by atoms with E-state index in [1.807, 2.05) is 45.9 Å². The van der Waals surface area contributed by atoms with Crippen LogP contribution >= 0.6 is 0 Å². The maximum Gasteiger partial charge on any atom is 0.340 e. The number of cyclic esters (lactones) is 1. The Morgan fingerprint density at radius 3 is 2.58 bits per heavy atom. The van der Waals surface area contributed by atoms with Crippen LogP contribution in [0.3, 0.4) is 0 Å². The molecule has 0 bridgehead atoms. The number of aliphatic hydroxyl groups is 1. The summed E-state index contributed by atoms with van der Waals surface area (Å²) in [4.78, 5) is 29.4. The quantitative estimate of drug-likeness (QED) is 0.436. The Labute approximate surface area is 180 Å². The SMILES string of the molecule is CC.CC.O=C1OCc2c(cc3n(c2=O)Cc2cc4cc5c(cc4nc2-3)CCO5)C1O. The molecule has 3 aliphatic rings. The van der Waals surface area contributed by atoms with Crippen LogP contribution in [0.1, 0.15) is 56.1 Å². The third-order valence-electron chi connectivity index (χ3n) is 5.59. The number of hydrogen-bond acceptors (Lipinski definition) is 6. The average molecular weight is 422 g/mol. The Morgan fingerprint density at radius 1 is 1.03 bits per heavy atom. The number of esters is 1. The molecule has 1 atom stereocenters. The van der Waals surface area contributed by atoms with E-state index in [9.17, 15) is 14.7 Å². The lowest BCUT2D eigenvalue weighted by molar-refractivity contribution is -0.157. The molecular weight excluding hydrogens is 396 g/mol. The van der Waals surface area contributed by atoms with Gasteiger partial charge in [0.1, 0.15) is 12.4 Å². The molecule has 0 saturated heterocycles. The summed E-state index contributed by atoms with van der Waals surface area (Å²) in [6.45, 7) is 8.98. The third kappa shape index (κ3) is 3.20. The first-order chi connectivity index (χ1) is 15.1. The molecule has 0 aliphatic carbocycles. The molecule has 0 amide bonds. The van der Waals surface area contributed by atoms with Gasteiger partial charge in [-0.25, -0.2) is 9.78 Å². The molecule has 162 valence electrons. The van der Waals surface area contributed by atoms with Crippen LogP contribution in [0.25, 0.3) is 22.3 Å². The van der Waals surface area contributed by atoms with Crippen molar-refractivity contribution in [1.29, 1.82) is 0 Å². The number of pyridine rings is 2. The Morgan fingerprint density at radius 2 is 1.81 bits per heavy atom. The number of nitrogens with zero attached hydrogens (tertiary/aromatic N) is 2. The van der Waals surface area contributed by atoms with Gasteiger partial charge in [-0.1, -0.05) is 27.7 Å². The van der Waals surface area contributed by atoms with Crippen LogP contribution in [0.5, 0.6) is 5.75 Å². The lowest BCUT2D eigenvalue weighted by atomic mass is 10.0. The zero-order valence-electron chi connectivity index (χ0n) is 18.2. The number of ether oxygens (including phenoxy) is 2. The van der Waals surface area contributed by atoms with E-state index < -0.39 is 12.1 Å². The van der Waals surface area contributed by atoms with E-state index in [0.717, 1.165) is 34.2 Å². The van der Waals surface area contributed by atoms with Crippen molar-refractivity contribution in [1.82, 2.24) is 9.55 Å². The fourth-order valence-corrected chi connectivity index (χ4v) is 4.20. The summed E-state index contributed by atoms with van der Waals surface area (Å²) in [7, 11) is 0. The number of aliphatic hydroxyl groups excluding tert-OH is 1. The van der Waals surface area contributed by atoms with Crippen molar-refractivity contribution in [2.45, 2.75) is 53.4 Å². The van der Waals surface area contributed by atoms with Crippen LogP contribution in [-0.2, 0) is 29.1 Å². The van der Waals surface area contributed by atoms with E-state index in [1.54, 1.807) is 10.6 Å². The van der Waals surface area contributed by atoms with Gasteiger partial charge in [0.25, 0.3) is 5.56 Å². The molecular formula is C24H26N2O5. The molecule has 2 aromatic heterocycles. The molecule has 1 N–H and O–H groups in total. The largest absolute Gasteiger partial charge is 0.493 e. The molecule has 0 radical (unpaired) electrons. The lowest BCUT2D eigenvalue weighted by Crippen LogP contribution is -2.32. The van der Waals surface area contributed by atoms with E-state index in [2.05, 4.69) is 0 Å². The van der Waals surface area contributed by atoms with Crippen molar-refractivity contribution < 1.29 is 19.4 Å². The molecule has 5 heterocycles. The molecule has 0 spiro atoms. The number of aromatic nitrogens is 2. The van der Waals surface area contributed by atoms with Gasteiger partial charge in [0.2, 0.25) is 0 Å². The standard InChI is InChI=1S/C20H14N2O5.2C2H6/c23-18-12-6-15-17-11(7-22(15)19(24)13(12)8-27-20(18)25)3-10-5-16-9(1-2-26-16)4-14(10)21-17;2*1-2/h3-6,18,23H,1-2,7-8H2;2*1-2H3. The summed E-state index contributed by atoms with van der Waals surface area (Å²) in [5.41, 5.74) is 4.65. The van der Waals surface area contributed by atoms with E-state index in [4.69, 9.17) is 14.5 Å². The maximum absolute atomic E-state index is 12.9. The molecule has 3 aliphatic heterocycles. The lowest BCUT2D eigenvalue weighted by Gasteiger charge is -2.21. The highest BCUT2D eigenvalue weighted by molar-refractivity contribution is 5.87. The zero-order chi connectivity index (χ0) is 22.3. The van der Waals surface area contributed by atoms with Crippen LogP contribution < -0.4 is 10.3 Å². The van der Waals surface area contributed by atoms with Gasteiger partial charge in [0.15, 0.2) is 6.10 Å². The van der Waals surface area contributed by atoms with Crippen molar-refractivity contribution in [2.24, 2.45) is 0 Å². The van der Waals surface area contributed by atoms with Crippen LogP contribution in [0.4, 0.5) is 0 Å². The van der Waals surface area contributed by atoms with Crippen molar-refractivity contribution in [2.75, 3.05) is 6.61 Å². The highest BCUT2D eigenvalue weighted by atomic mass is 16.5. The van der Waals surface area contributed by atoms with Crippen LogP contribution in [0.15, 0.2) is 29.1 Å². The second-order valence-electron chi connectivity index (χ2n) is 7.11. The number of rotatable bonds is 0. The minimum Gasteiger partial charge on any atom is -0.493 e. The highest BCUT2D eigenvalue weighted by Gasteiger charge is 2.33. The zero-order valence-corrected chi connectivity index (χ0v) is 18.2. The summed E-state index contributed by atoms with van der Waals surface area (Å²) in [6.07, 6.45) is -0.570. The predicted octanol–water partition coefficient (Wildman–Crippen LogP) is 3.50. The van der Waals surface area contributed by atoms with Crippen LogP contribution in [-0.4, -0.2) is 27.2 Å². The first-order valence-corrected chi connectivity index (χ1v) is 10.8. The van der Waals surface area contributed by atoms with E-state index in [1.165, 1.54) is 0 Å². The highest BCUT2D eigenvalue weighted by Crippen LogP contribution is 2.37. The second kappa shape index (κ2) is 8.15. The molecule has 7 nitrogen and oxygen atoms in total. The first-order valence-electron chi connectivity index (χ1n) is 10.8. The molecule has 0 fully saturated rings. The number of fused-ring (bicyclic) bond motifs is 6. The van der Waals surface area contributed by atoms with Gasteiger partial charge in [-0.05, 0) is 29.8 Å². The number of carbonyl (C=O) groups excluding carboxylic acids is 1. The van der Waals surface area contributed by atoms with E-state index in [-0.39, 0.29) is 12.2 Å². The molecule has 3 aromatic rings. The van der Waals surface area contributed by atoms with Gasteiger partial charge in [-0.3, -0.25) is 4.79 Å². The van der Waals surface area contributed by atoms with Crippen LogP contribution in [0, 0.1) is 0 Å². The molecule has 7 heteroatoms. The molecule has 1 unspecified atom stereocenters. The first kappa shape index (κ1) is 21.1. The third-order valence-corrected chi connectivity index (χ3v) is 5.59. The fourth-order valence-electron chi connectivity index (χ4n) is 4.20. The monoisotopic (exact) mass is 422 g/mol. The summed E-state index contributed by atoms with van der Waals surface area (Å²) >= 11 is 0. The summed E-state index contributed by atoms with van der Waals surface area (Å²) in [5, 5.41) is 11.1. The van der Waals surface area contributed by atoms with E-state index in [0.29, 0.717) is 35.7 Å². The Kier molecular flexibility index (Phi) is 5.54.